The van der Waals surface area contributed by atoms with E-state index in [4.69, 9.17) is 5.11 Å². The van der Waals surface area contributed by atoms with E-state index in [0.717, 1.165) is 0 Å². The van der Waals surface area contributed by atoms with Crippen molar-refractivity contribution in [3.8, 4) is 0 Å². The quantitative estimate of drug-likeness (QED) is 0.593. The highest BCUT2D eigenvalue weighted by atomic mass is 19.1. The Kier molecular flexibility index (Phi) is 3.67. The Bertz CT molecular complexity index is 129. The molecule has 1 N–H and O–H groups in total. The normalized spacial score (nSPS) is 11.6. The maximum atomic E-state index is 11.6. The van der Waals surface area contributed by atoms with Gasteiger partial charge >= 0.3 is 5.97 Å². The van der Waals surface area contributed by atoms with Crippen molar-refractivity contribution in [3.63, 3.8) is 0 Å². The van der Waals surface area contributed by atoms with Crippen LogP contribution in [0.5, 0.6) is 0 Å². The van der Waals surface area contributed by atoms with Gasteiger partial charge in [0.05, 0.1) is 11.9 Å². The molecule has 0 unspecified atom stereocenters. The van der Waals surface area contributed by atoms with Crippen molar-refractivity contribution in [2.75, 3.05) is 0 Å². The molecule has 0 atom stereocenters. The summed E-state index contributed by atoms with van der Waals surface area (Å²) in [4.78, 5) is 10.0. The van der Waals surface area contributed by atoms with Crippen molar-refractivity contribution in [1.82, 2.24) is 0 Å². The van der Waals surface area contributed by atoms with Gasteiger partial charge in [-0.1, -0.05) is 13.3 Å². The van der Waals surface area contributed by atoms with Crippen molar-refractivity contribution in [3.05, 3.63) is 11.9 Å². The first-order chi connectivity index (χ1) is 4.22. The number of rotatable bonds is 3. The van der Waals surface area contributed by atoms with E-state index in [0.29, 0.717) is 12.8 Å². The fraction of sp³-hybridized carbons (Fsp3) is 0.500. The van der Waals surface area contributed by atoms with Crippen LogP contribution in [0.3, 0.4) is 0 Å². The maximum Gasteiger partial charge on any atom is 0.333 e. The molecule has 0 saturated heterocycles. The number of aliphatic carboxylic acids is 1. The van der Waals surface area contributed by atoms with E-state index >= 15 is 0 Å². The Morgan fingerprint density at radius 2 is 2.33 bits per heavy atom. The average Bonchev–Trinajstić information content (AvgIpc) is 1.82. The molecule has 0 aliphatic heterocycles. The van der Waals surface area contributed by atoms with Crippen molar-refractivity contribution < 1.29 is 14.3 Å². The van der Waals surface area contributed by atoms with Gasteiger partial charge in [0.15, 0.2) is 0 Å². The van der Waals surface area contributed by atoms with Crippen LogP contribution in [0.1, 0.15) is 19.8 Å². The molecule has 52 valence electrons. The lowest BCUT2D eigenvalue weighted by atomic mass is 10.2. The van der Waals surface area contributed by atoms with Gasteiger partial charge in [0.1, 0.15) is 0 Å². The number of carbonyl (C=O) groups is 1. The molecule has 0 spiro atoms. The summed E-state index contributed by atoms with van der Waals surface area (Å²) in [5.74, 6) is -1.17. The predicted molar refractivity (Wildman–Crippen MR) is 31.7 cm³/mol. The molecule has 0 aromatic heterocycles. The van der Waals surface area contributed by atoms with Crippen LogP contribution in [0.2, 0.25) is 0 Å². The van der Waals surface area contributed by atoms with Crippen LogP contribution in [0.25, 0.3) is 0 Å². The molecule has 3 heteroatoms. The minimum Gasteiger partial charge on any atom is -0.478 e. The van der Waals surface area contributed by atoms with Crippen LogP contribution in [-0.4, -0.2) is 11.1 Å². The molecule has 2 nitrogen and oxygen atoms in total. The largest absolute Gasteiger partial charge is 0.478 e. The van der Waals surface area contributed by atoms with Crippen LogP contribution in [0, 0.1) is 0 Å². The molecule has 0 heterocycles. The Morgan fingerprint density at radius 1 is 1.78 bits per heavy atom. The minimum atomic E-state index is -1.17. The van der Waals surface area contributed by atoms with Crippen molar-refractivity contribution in [2.24, 2.45) is 0 Å². The summed E-state index contributed by atoms with van der Waals surface area (Å²) in [6.07, 6.45) is 1.10. The summed E-state index contributed by atoms with van der Waals surface area (Å²) < 4.78 is 11.6. The van der Waals surface area contributed by atoms with Crippen LogP contribution in [0.15, 0.2) is 11.9 Å². The van der Waals surface area contributed by atoms with Crippen LogP contribution < -0.4 is 0 Å². The van der Waals surface area contributed by atoms with E-state index in [2.05, 4.69) is 0 Å². The zero-order valence-electron chi connectivity index (χ0n) is 5.22. The molecular formula is C6H9FO2. The van der Waals surface area contributed by atoms with E-state index in [1.54, 1.807) is 6.92 Å². The molecule has 0 aliphatic rings. The summed E-state index contributed by atoms with van der Waals surface area (Å²) in [7, 11) is 0. The van der Waals surface area contributed by atoms with Gasteiger partial charge in [0, 0.05) is 0 Å². The first-order valence-corrected chi connectivity index (χ1v) is 2.75. The molecule has 0 aromatic carbocycles. The van der Waals surface area contributed by atoms with Crippen molar-refractivity contribution in [2.45, 2.75) is 19.8 Å². The van der Waals surface area contributed by atoms with Crippen molar-refractivity contribution in [1.29, 1.82) is 0 Å². The van der Waals surface area contributed by atoms with Crippen LogP contribution in [0.4, 0.5) is 4.39 Å². The van der Waals surface area contributed by atoms with Crippen LogP contribution >= 0.6 is 0 Å². The highest BCUT2D eigenvalue weighted by molar-refractivity contribution is 5.86. The monoisotopic (exact) mass is 132 g/mol. The number of hydrogen-bond donors (Lipinski definition) is 1. The average molecular weight is 132 g/mol. The standard InChI is InChI=1S/C6H9FO2/c1-2-3-5(4-7)6(8)9/h4H,2-3H2,1H3,(H,8,9). The van der Waals surface area contributed by atoms with Gasteiger partial charge < -0.3 is 5.11 Å². The van der Waals surface area contributed by atoms with Crippen molar-refractivity contribution >= 4 is 5.97 Å². The second-order valence-electron chi connectivity index (χ2n) is 1.69. The maximum absolute atomic E-state index is 11.6. The zero-order chi connectivity index (χ0) is 7.28. The summed E-state index contributed by atoms with van der Waals surface area (Å²) >= 11 is 0. The minimum absolute atomic E-state index is 0.145. The van der Waals surface area contributed by atoms with E-state index in [9.17, 15) is 9.18 Å². The topological polar surface area (TPSA) is 37.3 Å². The molecule has 0 amide bonds. The molecular weight excluding hydrogens is 123 g/mol. The Labute approximate surface area is 53.0 Å². The second kappa shape index (κ2) is 4.06. The summed E-state index contributed by atoms with van der Waals surface area (Å²) in [5.41, 5.74) is -0.155. The number of hydrogen-bond acceptors (Lipinski definition) is 1. The zero-order valence-corrected chi connectivity index (χ0v) is 5.22. The Hall–Kier alpha value is -0.860. The molecule has 0 saturated carbocycles. The van der Waals surface area contributed by atoms with Gasteiger partial charge in [-0.3, -0.25) is 0 Å². The Balaban J connectivity index is 3.85. The van der Waals surface area contributed by atoms with Gasteiger partial charge in [-0.2, -0.15) is 0 Å². The second-order valence-corrected chi connectivity index (χ2v) is 1.69. The third-order valence-electron chi connectivity index (χ3n) is 0.926. The molecule has 0 radical (unpaired) electrons. The number of carboxylic acid groups (broad SMARTS) is 1. The van der Waals surface area contributed by atoms with E-state index in [1.165, 1.54) is 0 Å². The molecule has 0 aliphatic carbocycles. The molecule has 0 fully saturated rings. The summed E-state index contributed by atoms with van der Waals surface area (Å²) in [6, 6.07) is 0. The first-order valence-electron chi connectivity index (χ1n) is 2.75. The predicted octanol–water partition coefficient (Wildman–Crippen LogP) is 1.72. The Morgan fingerprint density at radius 3 is 2.44 bits per heavy atom. The van der Waals surface area contributed by atoms with Gasteiger partial charge in [-0.15, -0.1) is 0 Å². The molecule has 0 aromatic rings. The van der Waals surface area contributed by atoms with E-state index in [1.807, 2.05) is 0 Å². The lowest BCUT2D eigenvalue weighted by Crippen LogP contribution is -1.98. The third kappa shape index (κ3) is 2.85. The molecule has 0 bridgehead atoms. The van der Waals surface area contributed by atoms with Crippen LogP contribution in [-0.2, 0) is 4.79 Å². The summed E-state index contributed by atoms with van der Waals surface area (Å²) in [6.45, 7) is 1.80. The molecule has 0 rings (SSSR count). The highest BCUT2D eigenvalue weighted by Gasteiger charge is 2.03. The molecule has 9 heavy (non-hydrogen) atoms. The first kappa shape index (κ1) is 8.14. The lowest BCUT2D eigenvalue weighted by Gasteiger charge is -1.93. The van der Waals surface area contributed by atoms with Gasteiger partial charge in [0.2, 0.25) is 0 Å². The van der Waals surface area contributed by atoms with Gasteiger partial charge in [0.25, 0.3) is 0 Å². The van der Waals surface area contributed by atoms with Gasteiger partial charge in [-0.05, 0) is 6.42 Å². The summed E-state index contributed by atoms with van der Waals surface area (Å²) in [5, 5.41) is 8.20. The fourth-order valence-corrected chi connectivity index (χ4v) is 0.477. The van der Waals surface area contributed by atoms with E-state index in [-0.39, 0.29) is 11.9 Å². The smallest absolute Gasteiger partial charge is 0.333 e. The number of halogens is 1. The highest BCUT2D eigenvalue weighted by Crippen LogP contribution is 2.03. The SMILES string of the molecule is CCCC(=CF)C(=O)O. The van der Waals surface area contributed by atoms with E-state index < -0.39 is 5.97 Å². The third-order valence-corrected chi connectivity index (χ3v) is 0.926. The van der Waals surface area contributed by atoms with Gasteiger partial charge in [-0.25, -0.2) is 9.18 Å². The number of carboxylic acids is 1. The fourth-order valence-electron chi connectivity index (χ4n) is 0.477. The lowest BCUT2D eigenvalue weighted by molar-refractivity contribution is -0.132.